The Labute approximate surface area is 107 Å². The minimum Gasteiger partial charge on any atom is -0.497 e. The average molecular weight is 249 g/mol. The number of nitrogens with two attached hydrogens (primary N) is 1. The second-order valence-corrected chi connectivity index (χ2v) is 4.43. The molecule has 0 saturated carbocycles. The number of ether oxygens (including phenoxy) is 1. The number of benzene rings is 1. The van der Waals surface area contributed by atoms with Gasteiger partial charge in [0.1, 0.15) is 11.8 Å². The molecular weight excluding hydrogens is 230 g/mol. The fraction of sp³-hybridized carbons (Fsp3) is 0.462. The number of nitrogen functional groups attached to an aromatic ring is 1. The van der Waals surface area contributed by atoms with Gasteiger partial charge in [-0.15, -0.1) is 0 Å². The molecule has 1 heterocycles. The maximum absolute atomic E-state index is 11.8. The molecular formula is C13H19N3O2. The maximum Gasteiger partial charge on any atom is 0.242 e. The largest absolute Gasteiger partial charge is 0.497 e. The first kappa shape index (κ1) is 12.5. The van der Waals surface area contributed by atoms with Gasteiger partial charge in [-0.1, -0.05) is 0 Å². The van der Waals surface area contributed by atoms with E-state index in [0.29, 0.717) is 11.4 Å². The molecule has 3 N–H and O–H groups in total. The Balaban J connectivity index is 2.29. The van der Waals surface area contributed by atoms with Crippen LogP contribution in [0, 0.1) is 0 Å². The van der Waals surface area contributed by atoms with E-state index in [1.807, 2.05) is 12.1 Å². The molecule has 5 heteroatoms. The molecule has 98 valence electrons. The predicted molar refractivity (Wildman–Crippen MR) is 71.8 cm³/mol. The molecule has 0 spiro atoms. The quantitative estimate of drug-likeness (QED) is 0.784. The Morgan fingerprint density at radius 1 is 1.50 bits per heavy atom. The van der Waals surface area contributed by atoms with Crippen molar-refractivity contribution in [2.24, 2.45) is 0 Å². The van der Waals surface area contributed by atoms with E-state index in [-0.39, 0.29) is 11.9 Å². The number of carbonyl (C=O) groups excluding carboxylic acids is 1. The lowest BCUT2D eigenvalue weighted by Crippen LogP contribution is -2.42. The van der Waals surface area contributed by atoms with E-state index >= 15 is 0 Å². The molecule has 1 atom stereocenters. The summed E-state index contributed by atoms with van der Waals surface area (Å²) in [6, 6.07) is 5.46. The van der Waals surface area contributed by atoms with E-state index in [2.05, 4.69) is 10.2 Å². The Bertz CT molecular complexity index is 448. The fourth-order valence-corrected chi connectivity index (χ4v) is 2.40. The lowest BCUT2D eigenvalue weighted by atomic mass is 10.2. The van der Waals surface area contributed by atoms with Crippen molar-refractivity contribution in [2.75, 3.05) is 31.3 Å². The van der Waals surface area contributed by atoms with Crippen molar-refractivity contribution in [3.05, 3.63) is 18.2 Å². The molecule has 5 nitrogen and oxygen atoms in total. The first-order valence-electron chi connectivity index (χ1n) is 6.08. The van der Waals surface area contributed by atoms with Crippen LogP contribution < -0.4 is 20.7 Å². The molecule has 1 aliphatic heterocycles. The number of hydrogen-bond donors (Lipinski definition) is 2. The van der Waals surface area contributed by atoms with Crippen LogP contribution in [0.15, 0.2) is 18.2 Å². The highest BCUT2D eigenvalue weighted by molar-refractivity contribution is 5.86. The summed E-state index contributed by atoms with van der Waals surface area (Å²) >= 11 is 0. The number of hydrogen-bond acceptors (Lipinski definition) is 4. The highest BCUT2D eigenvalue weighted by Gasteiger charge is 2.30. The van der Waals surface area contributed by atoms with Gasteiger partial charge in [-0.05, 0) is 18.9 Å². The van der Waals surface area contributed by atoms with Crippen LogP contribution in [0.2, 0.25) is 0 Å². The number of nitrogens with one attached hydrogen (secondary N) is 1. The number of nitrogens with zero attached hydrogens (tertiary/aromatic N) is 1. The third kappa shape index (κ3) is 2.34. The topological polar surface area (TPSA) is 67.6 Å². The van der Waals surface area contributed by atoms with E-state index in [0.717, 1.165) is 25.1 Å². The van der Waals surface area contributed by atoms with Crippen molar-refractivity contribution in [1.82, 2.24) is 5.32 Å². The summed E-state index contributed by atoms with van der Waals surface area (Å²) in [7, 11) is 3.28. The number of anilines is 2. The Morgan fingerprint density at radius 3 is 2.94 bits per heavy atom. The fourth-order valence-electron chi connectivity index (χ4n) is 2.40. The Hall–Kier alpha value is -1.91. The summed E-state index contributed by atoms with van der Waals surface area (Å²) in [5.41, 5.74) is 7.44. The molecule has 0 radical (unpaired) electrons. The SMILES string of the molecule is CNC(=O)C1CCCN1c1cc(N)cc(OC)c1. The molecule has 1 aliphatic rings. The highest BCUT2D eigenvalue weighted by Crippen LogP contribution is 2.30. The van der Waals surface area contributed by atoms with Crippen molar-refractivity contribution < 1.29 is 9.53 Å². The standard InChI is InChI=1S/C13H19N3O2/c1-15-13(17)12-4-3-5-16(12)10-6-9(14)7-11(8-10)18-2/h6-8,12H,3-5,14H2,1-2H3,(H,15,17). The lowest BCUT2D eigenvalue weighted by molar-refractivity contribution is -0.121. The molecule has 1 fully saturated rings. The zero-order chi connectivity index (χ0) is 13.1. The summed E-state index contributed by atoms with van der Waals surface area (Å²) in [4.78, 5) is 13.9. The number of methoxy groups -OCH3 is 1. The van der Waals surface area contributed by atoms with Crippen molar-refractivity contribution in [1.29, 1.82) is 0 Å². The molecule has 0 aliphatic carbocycles. The second kappa shape index (κ2) is 5.16. The summed E-state index contributed by atoms with van der Waals surface area (Å²) < 4.78 is 5.21. The van der Waals surface area contributed by atoms with Crippen molar-refractivity contribution >= 4 is 17.3 Å². The summed E-state index contributed by atoms with van der Waals surface area (Å²) in [6.07, 6.45) is 1.88. The smallest absolute Gasteiger partial charge is 0.242 e. The van der Waals surface area contributed by atoms with Crippen LogP contribution in [-0.4, -0.2) is 32.7 Å². The molecule has 1 saturated heterocycles. The maximum atomic E-state index is 11.8. The molecule has 1 amide bonds. The van der Waals surface area contributed by atoms with Crippen molar-refractivity contribution in [3.8, 4) is 5.75 Å². The number of amides is 1. The molecule has 1 unspecified atom stereocenters. The van der Waals surface area contributed by atoms with Gasteiger partial charge in [0.2, 0.25) is 5.91 Å². The van der Waals surface area contributed by atoms with Gasteiger partial charge in [-0.3, -0.25) is 4.79 Å². The monoisotopic (exact) mass is 249 g/mol. The molecule has 0 bridgehead atoms. The summed E-state index contributed by atoms with van der Waals surface area (Å²) in [5.74, 6) is 0.765. The Morgan fingerprint density at radius 2 is 2.28 bits per heavy atom. The highest BCUT2D eigenvalue weighted by atomic mass is 16.5. The number of rotatable bonds is 3. The molecule has 0 aromatic heterocycles. The van der Waals surface area contributed by atoms with Gasteiger partial charge < -0.3 is 20.7 Å². The third-order valence-electron chi connectivity index (χ3n) is 3.28. The normalized spacial score (nSPS) is 18.8. The van der Waals surface area contributed by atoms with Crippen LogP contribution in [0.25, 0.3) is 0 Å². The predicted octanol–water partition coefficient (Wildman–Crippen LogP) is 0.992. The van der Waals surface area contributed by atoms with Crippen LogP contribution in [0.3, 0.4) is 0 Å². The van der Waals surface area contributed by atoms with Gasteiger partial charge in [0.25, 0.3) is 0 Å². The zero-order valence-corrected chi connectivity index (χ0v) is 10.8. The van der Waals surface area contributed by atoms with E-state index in [1.54, 1.807) is 20.2 Å². The van der Waals surface area contributed by atoms with Gasteiger partial charge in [0, 0.05) is 37.1 Å². The minimum atomic E-state index is -0.110. The minimum absolute atomic E-state index is 0.0499. The van der Waals surface area contributed by atoms with Gasteiger partial charge in [0.05, 0.1) is 7.11 Å². The average Bonchev–Trinajstić information content (AvgIpc) is 2.86. The zero-order valence-electron chi connectivity index (χ0n) is 10.8. The summed E-state index contributed by atoms with van der Waals surface area (Å²) in [6.45, 7) is 0.866. The second-order valence-electron chi connectivity index (χ2n) is 4.43. The van der Waals surface area contributed by atoms with Crippen LogP contribution in [0.4, 0.5) is 11.4 Å². The summed E-state index contributed by atoms with van der Waals surface area (Å²) in [5, 5.41) is 2.71. The third-order valence-corrected chi connectivity index (χ3v) is 3.28. The molecule has 2 rings (SSSR count). The van der Waals surface area contributed by atoms with E-state index in [4.69, 9.17) is 10.5 Å². The Kier molecular flexibility index (Phi) is 3.60. The van der Waals surface area contributed by atoms with Crippen molar-refractivity contribution in [3.63, 3.8) is 0 Å². The lowest BCUT2D eigenvalue weighted by Gasteiger charge is -2.26. The van der Waals surface area contributed by atoms with Crippen LogP contribution in [-0.2, 0) is 4.79 Å². The first-order valence-corrected chi connectivity index (χ1v) is 6.08. The van der Waals surface area contributed by atoms with E-state index in [9.17, 15) is 4.79 Å². The van der Waals surface area contributed by atoms with E-state index < -0.39 is 0 Å². The first-order chi connectivity index (χ1) is 8.65. The van der Waals surface area contributed by atoms with Crippen molar-refractivity contribution in [2.45, 2.75) is 18.9 Å². The number of carbonyl (C=O) groups is 1. The van der Waals surface area contributed by atoms with Crippen LogP contribution in [0.1, 0.15) is 12.8 Å². The number of likely N-dealkylation sites (N-methyl/N-ethyl adjacent to an activating group) is 1. The molecule has 1 aromatic rings. The van der Waals surface area contributed by atoms with Gasteiger partial charge in [-0.25, -0.2) is 0 Å². The van der Waals surface area contributed by atoms with E-state index in [1.165, 1.54) is 0 Å². The molecule has 18 heavy (non-hydrogen) atoms. The van der Waals surface area contributed by atoms with Gasteiger partial charge in [-0.2, -0.15) is 0 Å². The van der Waals surface area contributed by atoms with Gasteiger partial charge in [0.15, 0.2) is 0 Å². The van der Waals surface area contributed by atoms with Gasteiger partial charge >= 0.3 is 0 Å². The van der Waals surface area contributed by atoms with Crippen LogP contribution >= 0.6 is 0 Å². The van der Waals surface area contributed by atoms with Crippen LogP contribution in [0.5, 0.6) is 5.75 Å². The molecule has 1 aromatic carbocycles.